The highest BCUT2D eigenvalue weighted by Crippen LogP contribution is 2.22. The van der Waals surface area contributed by atoms with Crippen LogP contribution in [-0.4, -0.2) is 32.7 Å². The molecule has 0 aliphatic rings. The maximum absolute atomic E-state index is 12.6. The molecular weight excluding hydrogens is 362 g/mol. The van der Waals surface area contributed by atoms with E-state index in [1.165, 1.54) is 0 Å². The number of benzene rings is 2. The van der Waals surface area contributed by atoms with Crippen molar-refractivity contribution in [2.75, 3.05) is 27.2 Å². The number of hydrogen-bond acceptors (Lipinski definition) is 4. The summed E-state index contributed by atoms with van der Waals surface area (Å²) in [6, 6.07) is 14.5. The fourth-order valence-electron chi connectivity index (χ4n) is 2.79. The van der Waals surface area contributed by atoms with Gasteiger partial charge in [-0.3, -0.25) is 9.52 Å². The van der Waals surface area contributed by atoms with Gasteiger partial charge in [-0.15, -0.1) is 0 Å². The van der Waals surface area contributed by atoms with Crippen molar-refractivity contribution in [2.45, 2.75) is 33.7 Å². The smallest absolute Gasteiger partial charge is 0.257 e. The van der Waals surface area contributed by atoms with Crippen LogP contribution in [0.15, 0.2) is 48.5 Å². The number of sulfonamides is 1. The van der Waals surface area contributed by atoms with Gasteiger partial charge in [-0.1, -0.05) is 12.1 Å². The average Bonchev–Trinajstić information content (AvgIpc) is 2.63. The molecule has 0 fully saturated rings. The summed E-state index contributed by atoms with van der Waals surface area (Å²) in [4.78, 5) is 14.9. The quantitative estimate of drug-likeness (QED) is 0.717. The molecule has 2 rings (SSSR count). The number of amides is 1. The van der Waals surface area contributed by atoms with Gasteiger partial charge in [0, 0.05) is 24.0 Å². The second-order valence-corrected chi connectivity index (χ2v) is 8.44. The molecule has 2 aromatic carbocycles. The first-order valence-corrected chi connectivity index (χ1v) is 10.7. The van der Waals surface area contributed by atoms with Crippen molar-refractivity contribution in [3.8, 4) is 0 Å². The molecule has 0 saturated carbocycles. The molecule has 1 amide bonds. The minimum Gasteiger partial charge on any atom is -0.369 e. The van der Waals surface area contributed by atoms with Gasteiger partial charge in [0.05, 0.1) is 17.0 Å². The van der Waals surface area contributed by atoms with E-state index in [1.54, 1.807) is 31.2 Å². The van der Waals surface area contributed by atoms with Crippen LogP contribution in [0.5, 0.6) is 0 Å². The zero-order chi connectivity index (χ0) is 20.0. The van der Waals surface area contributed by atoms with E-state index in [2.05, 4.69) is 35.7 Å². The Kier molecular flexibility index (Phi) is 6.85. The average molecular weight is 390 g/mol. The summed E-state index contributed by atoms with van der Waals surface area (Å²) in [5.41, 5.74) is 2.28. The van der Waals surface area contributed by atoms with E-state index in [4.69, 9.17) is 0 Å². The summed E-state index contributed by atoms with van der Waals surface area (Å²) in [5, 5.41) is 2.82. The maximum atomic E-state index is 12.6. The van der Waals surface area contributed by atoms with Gasteiger partial charge in [-0.25, -0.2) is 8.42 Å². The summed E-state index contributed by atoms with van der Waals surface area (Å²) >= 11 is 0. The molecule has 7 heteroatoms. The lowest BCUT2D eigenvalue weighted by atomic mass is 10.1. The molecule has 0 aromatic heterocycles. The van der Waals surface area contributed by atoms with E-state index >= 15 is 0 Å². The predicted octanol–water partition coefficient (Wildman–Crippen LogP) is 3.94. The van der Waals surface area contributed by atoms with Crippen LogP contribution in [0.4, 0.5) is 17.1 Å². The predicted molar refractivity (Wildman–Crippen MR) is 112 cm³/mol. The first-order valence-electron chi connectivity index (χ1n) is 9.05. The third-order valence-corrected chi connectivity index (χ3v) is 5.53. The molecule has 0 heterocycles. The van der Waals surface area contributed by atoms with Crippen molar-refractivity contribution in [3.63, 3.8) is 0 Å². The molecule has 0 saturated heterocycles. The summed E-state index contributed by atoms with van der Waals surface area (Å²) < 4.78 is 26.1. The van der Waals surface area contributed by atoms with Crippen molar-refractivity contribution in [3.05, 3.63) is 54.1 Å². The summed E-state index contributed by atoms with van der Waals surface area (Å²) in [5.74, 6) is -0.429. The highest BCUT2D eigenvalue weighted by Gasteiger charge is 2.15. The molecule has 0 radical (unpaired) electrons. The number of rotatable bonds is 8. The minimum atomic E-state index is -3.46. The van der Waals surface area contributed by atoms with Gasteiger partial charge in [0.15, 0.2) is 0 Å². The van der Waals surface area contributed by atoms with Crippen LogP contribution in [0, 0.1) is 0 Å². The van der Waals surface area contributed by atoms with Crippen molar-refractivity contribution < 1.29 is 13.2 Å². The molecule has 0 aliphatic heterocycles. The molecule has 27 heavy (non-hydrogen) atoms. The third-order valence-electron chi connectivity index (χ3n) is 4.24. The molecule has 146 valence electrons. The molecule has 2 N–H and O–H groups in total. The summed E-state index contributed by atoms with van der Waals surface area (Å²) in [6.45, 7) is 8.81. The standard InChI is InChI=1S/C20H27N3O3S/c1-5-23(15(3)4)17-13-11-16(12-14-17)21-20(24)18-9-7-8-10-19(18)22-27(25,26)6-2/h7-15,22H,5-6H2,1-4H3,(H,21,24). The van der Waals surface area contributed by atoms with Crippen molar-refractivity contribution in [1.82, 2.24) is 0 Å². The van der Waals surface area contributed by atoms with Crippen molar-refractivity contribution in [1.29, 1.82) is 0 Å². The Balaban J connectivity index is 2.18. The highest BCUT2D eigenvalue weighted by atomic mass is 32.2. The van der Waals surface area contributed by atoms with Crippen LogP contribution >= 0.6 is 0 Å². The second kappa shape index (κ2) is 8.90. The molecular formula is C20H27N3O3S. The van der Waals surface area contributed by atoms with Gasteiger partial charge in [0.25, 0.3) is 5.91 Å². The molecule has 6 nitrogen and oxygen atoms in total. The third kappa shape index (κ3) is 5.47. The number of hydrogen-bond donors (Lipinski definition) is 2. The van der Waals surface area contributed by atoms with Crippen LogP contribution in [0.3, 0.4) is 0 Å². The molecule has 0 spiro atoms. The Labute approximate surface area is 161 Å². The molecule has 0 aliphatic carbocycles. The fourth-order valence-corrected chi connectivity index (χ4v) is 3.45. The number of nitrogens with one attached hydrogen (secondary N) is 2. The van der Waals surface area contributed by atoms with E-state index in [-0.39, 0.29) is 22.9 Å². The zero-order valence-electron chi connectivity index (χ0n) is 16.2. The van der Waals surface area contributed by atoms with Crippen LogP contribution < -0.4 is 14.9 Å². The molecule has 0 unspecified atom stereocenters. The fraction of sp³-hybridized carbons (Fsp3) is 0.350. The molecule has 0 bridgehead atoms. The van der Waals surface area contributed by atoms with E-state index in [0.29, 0.717) is 11.7 Å². The SMILES string of the molecule is CCN(c1ccc(NC(=O)c2ccccc2NS(=O)(=O)CC)cc1)C(C)C. The lowest BCUT2D eigenvalue weighted by Crippen LogP contribution is -2.30. The van der Waals surface area contributed by atoms with Crippen molar-refractivity contribution >= 4 is 33.0 Å². The van der Waals surface area contributed by atoms with Gasteiger partial charge < -0.3 is 10.2 Å². The topological polar surface area (TPSA) is 78.5 Å². The number of anilines is 3. The lowest BCUT2D eigenvalue weighted by Gasteiger charge is -2.27. The lowest BCUT2D eigenvalue weighted by molar-refractivity contribution is 0.102. The van der Waals surface area contributed by atoms with E-state index in [0.717, 1.165) is 12.2 Å². The van der Waals surface area contributed by atoms with Gasteiger partial charge in [-0.05, 0) is 64.1 Å². The first kappa shape index (κ1) is 20.8. The maximum Gasteiger partial charge on any atom is 0.257 e. The summed E-state index contributed by atoms with van der Waals surface area (Å²) in [7, 11) is -3.46. The number of nitrogens with zero attached hydrogens (tertiary/aromatic N) is 1. The van der Waals surface area contributed by atoms with Crippen LogP contribution in [-0.2, 0) is 10.0 Å². The number of para-hydroxylation sites is 1. The second-order valence-electron chi connectivity index (χ2n) is 6.43. The molecule has 0 atom stereocenters. The van der Waals surface area contributed by atoms with E-state index in [9.17, 15) is 13.2 Å². The first-order chi connectivity index (χ1) is 12.8. The Morgan fingerprint density at radius 3 is 2.22 bits per heavy atom. The van der Waals surface area contributed by atoms with Gasteiger partial charge in [0.2, 0.25) is 10.0 Å². The Morgan fingerprint density at radius 2 is 1.67 bits per heavy atom. The van der Waals surface area contributed by atoms with Gasteiger partial charge in [-0.2, -0.15) is 0 Å². The van der Waals surface area contributed by atoms with Crippen LogP contribution in [0.1, 0.15) is 38.1 Å². The Hall–Kier alpha value is -2.54. The van der Waals surface area contributed by atoms with E-state index in [1.807, 2.05) is 24.3 Å². The normalized spacial score (nSPS) is 11.3. The monoisotopic (exact) mass is 389 g/mol. The van der Waals surface area contributed by atoms with Gasteiger partial charge >= 0.3 is 0 Å². The Bertz CT molecular complexity index is 878. The zero-order valence-corrected chi connectivity index (χ0v) is 17.0. The van der Waals surface area contributed by atoms with Crippen LogP contribution in [0.2, 0.25) is 0 Å². The van der Waals surface area contributed by atoms with Crippen molar-refractivity contribution in [2.24, 2.45) is 0 Å². The summed E-state index contributed by atoms with van der Waals surface area (Å²) in [6.07, 6.45) is 0. The largest absolute Gasteiger partial charge is 0.369 e. The van der Waals surface area contributed by atoms with Gasteiger partial charge in [0.1, 0.15) is 0 Å². The number of carbonyl (C=O) groups is 1. The van der Waals surface area contributed by atoms with Crippen LogP contribution in [0.25, 0.3) is 0 Å². The minimum absolute atomic E-state index is 0.0613. The molecule has 2 aromatic rings. The highest BCUT2D eigenvalue weighted by molar-refractivity contribution is 7.92. The number of carbonyl (C=O) groups excluding carboxylic acids is 1. The van der Waals surface area contributed by atoms with E-state index < -0.39 is 10.0 Å². The Morgan fingerprint density at radius 1 is 1.04 bits per heavy atom.